The number of amides is 1. The minimum atomic E-state index is -0.0625. The molecule has 2 rings (SSSR count). The maximum absolute atomic E-state index is 11.5. The van der Waals surface area contributed by atoms with Crippen LogP contribution in [0, 0.1) is 0 Å². The summed E-state index contributed by atoms with van der Waals surface area (Å²) in [5, 5.41) is 6.18. The van der Waals surface area contributed by atoms with Crippen LogP contribution in [0.2, 0.25) is 0 Å². The van der Waals surface area contributed by atoms with Gasteiger partial charge in [0.1, 0.15) is 6.26 Å². The van der Waals surface area contributed by atoms with Crippen LogP contribution in [0.3, 0.4) is 0 Å². The smallest absolute Gasteiger partial charge is 0.254 e. The van der Waals surface area contributed by atoms with Crippen molar-refractivity contribution in [1.29, 1.82) is 0 Å². The Balaban J connectivity index is 1.78. The Morgan fingerprint density at radius 2 is 2.64 bits per heavy atom. The molecule has 2 N–H and O–H groups in total. The predicted molar refractivity (Wildman–Crippen MR) is 52.1 cm³/mol. The van der Waals surface area contributed by atoms with Crippen molar-refractivity contribution in [2.24, 2.45) is 0 Å². The average molecular weight is 194 g/mol. The lowest BCUT2D eigenvalue weighted by molar-refractivity contribution is 0.0949. The topological polar surface area (TPSA) is 54.3 Å². The van der Waals surface area contributed by atoms with Gasteiger partial charge in [0.15, 0.2) is 0 Å². The zero-order chi connectivity index (χ0) is 9.80. The second kappa shape index (κ2) is 4.28. The quantitative estimate of drug-likeness (QED) is 0.747. The molecule has 0 saturated carbocycles. The standard InChI is InChI=1S/C10H14N2O2/c13-10(8-3-5-14-7-8)12-6-9-2-1-4-11-9/h3,5,7,9,11H,1-2,4,6H2,(H,12,13). The summed E-state index contributed by atoms with van der Waals surface area (Å²) < 4.78 is 4.83. The van der Waals surface area contributed by atoms with E-state index in [9.17, 15) is 4.79 Å². The average Bonchev–Trinajstić information content (AvgIpc) is 2.87. The summed E-state index contributed by atoms with van der Waals surface area (Å²) >= 11 is 0. The van der Waals surface area contributed by atoms with Crippen LogP contribution in [0.4, 0.5) is 0 Å². The van der Waals surface area contributed by atoms with Gasteiger partial charge in [-0.25, -0.2) is 0 Å². The highest BCUT2D eigenvalue weighted by Crippen LogP contribution is 2.04. The summed E-state index contributed by atoms with van der Waals surface area (Å²) in [5.74, 6) is -0.0625. The monoisotopic (exact) mass is 194 g/mol. The molecular formula is C10H14N2O2. The first kappa shape index (κ1) is 9.27. The Hall–Kier alpha value is -1.29. The fourth-order valence-electron chi connectivity index (χ4n) is 1.64. The minimum Gasteiger partial charge on any atom is -0.472 e. The molecule has 1 unspecified atom stereocenters. The van der Waals surface area contributed by atoms with Crippen molar-refractivity contribution in [3.63, 3.8) is 0 Å². The lowest BCUT2D eigenvalue weighted by Crippen LogP contribution is -2.36. The zero-order valence-electron chi connectivity index (χ0n) is 7.95. The van der Waals surface area contributed by atoms with Crippen molar-refractivity contribution < 1.29 is 9.21 Å². The van der Waals surface area contributed by atoms with Crippen LogP contribution in [0.5, 0.6) is 0 Å². The molecule has 1 aliphatic rings. The Kier molecular flexibility index (Phi) is 2.84. The molecule has 1 fully saturated rings. The SMILES string of the molecule is O=C(NCC1CCCN1)c1ccoc1. The molecule has 0 bridgehead atoms. The van der Waals surface area contributed by atoms with Gasteiger partial charge in [0.25, 0.3) is 5.91 Å². The molecule has 76 valence electrons. The summed E-state index contributed by atoms with van der Waals surface area (Å²) in [6.07, 6.45) is 5.30. The number of furan rings is 1. The van der Waals surface area contributed by atoms with Crippen LogP contribution in [-0.2, 0) is 0 Å². The molecule has 1 amide bonds. The van der Waals surface area contributed by atoms with Gasteiger partial charge in [-0.15, -0.1) is 0 Å². The predicted octanol–water partition coefficient (Wildman–Crippen LogP) is 0.761. The van der Waals surface area contributed by atoms with E-state index in [2.05, 4.69) is 10.6 Å². The zero-order valence-corrected chi connectivity index (χ0v) is 7.95. The summed E-state index contributed by atoms with van der Waals surface area (Å²) in [7, 11) is 0. The Morgan fingerprint density at radius 1 is 1.71 bits per heavy atom. The van der Waals surface area contributed by atoms with Gasteiger partial charge in [-0.2, -0.15) is 0 Å². The van der Waals surface area contributed by atoms with Crippen LogP contribution < -0.4 is 10.6 Å². The largest absolute Gasteiger partial charge is 0.472 e. The molecule has 14 heavy (non-hydrogen) atoms. The number of hydrogen-bond donors (Lipinski definition) is 2. The van der Waals surface area contributed by atoms with E-state index in [4.69, 9.17) is 4.42 Å². The van der Waals surface area contributed by atoms with E-state index in [1.807, 2.05) is 0 Å². The fraction of sp³-hybridized carbons (Fsp3) is 0.500. The van der Waals surface area contributed by atoms with Crippen molar-refractivity contribution in [3.8, 4) is 0 Å². The van der Waals surface area contributed by atoms with Gasteiger partial charge in [-0.1, -0.05) is 0 Å². The Bertz CT molecular complexity index is 289. The third-order valence-corrected chi connectivity index (χ3v) is 2.45. The van der Waals surface area contributed by atoms with Crippen molar-refractivity contribution in [1.82, 2.24) is 10.6 Å². The highest BCUT2D eigenvalue weighted by molar-refractivity contribution is 5.93. The van der Waals surface area contributed by atoms with Crippen LogP contribution in [0.25, 0.3) is 0 Å². The van der Waals surface area contributed by atoms with E-state index in [-0.39, 0.29) is 5.91 Å². The van der Waals surface area contributed by atoms with Gasteiger partial charge in [-0.05, 0) is 25.5 Å². The normalized spacial score (nSPS) is 21.0. The Morgan fingerprint density at radius 3 is 3.29 bits per heavy atom. The molecule has 4 heteroatoms. The molecule has 1 atom stereocenters. The molecule has 0 spiro atoms. The lowest BCUT2D eigenvalue weighted by Gasteiger charge is -2.10. The van der Waals surface area contributed by atoms with Gasteiger partial charge >= 0.3 is 0 Å². The van der Waals surface area contributed by atoms with Crippen molar-refractivity contribution in [2.45, 2.75) is 18.9 Å². The highest BCUT2D eigenvalue weighted by atomic mass is 16.3. The number of carbonyl (C=O) groups is 1. The van der Waals surface area contributed by atoms with E-state index < -0.39 is 0 Å². The van der Waals surface area contributed by atoms with Crippen LogP contribution >= 0.6 is 0 Å². The van der Waals surface area contributed by atoms with Crippen LogP contribution in [0.1, 0.15) is 23.2 Å². The molecule has 0 aliphatic carbocycles. The van der Waals surface area contributed by atoms with E-state index in [1.54, 1.807) is 6.07 Å². The van der Waals surface area contributed by atoms with Gasteiger partial charge in [0, 0.05) is 12.6 Å². The first-order valence-electron chi connectivity index (χ1n) is 4.90. The summed E-state index contributed by atoms with van der Waals surface area (Å²) in [5.41, 5.74) is 0.586. The van der Waals surface area contributed by atoms with Gasteiger partial charge in [0.2, 0.25) is 0 Å². The van der Waals surface area contributed by atoms with Crippen LogP contribution in [-0.4, -0.2) is 25.0 Å². The van der Waals surface area contributed by atoms with Gasteiger partial charge < -0.3 is 15.1 Å². The summed E-state index contributed by atoms with van der Waals surface area (Å²) in [4.78, 5) is 11.5. The first-order valence-corrected chi connectivity index (χ1v) is 4.90. The lowest BCUT2D eigenvalue weighted by atomic mass is 10.2. The third kappa shape index (κ3) is 2.14. The van der Waals surface area contributed by atoms with E-state index in [0.717, 1.165) is 13.0 Å². The van der Waals surface area contributed by atoms with Crippen LogP contribution in [0.15, 0.2) is 23.0 Å². The van der Waals surface area contributed by atoms with E-state index in [1.165, 1.54) is 18.9 Å². The second-order valence-electron chi connectivity index (χ2n) is 3.52. The van der Waals surface area contributed by atoms with E-state index in [0.29, 0.717) is 18.2 Å². The number of carbonyl (C=O) groups excluding carboxylic acids is 1. The van der Waals surface area contributed by atoms with Gasteiger partial charge in [0.05, 0.1) is 11.8 Å². The second-order valence-corrected chi connectivity index (χ2v) is 3.52. The van der Waals surface area contributed by atoms with Crippen molar-refractivity contribution in [3.05, 3.63) is 24.2 Å². The fourth-order valence-corrected chi connectivity index (χ4v) is 1.64. The van der Waals surface area contributed by atoms with Crippen molar-refractivity contribution in [2.75, 3.05) is 13.1 Å². The van der Waals surface area contributed by atoms with Crippen molar-refractivity contribution >= 4 is 5.91 Å². The maximum Gasteiger partial charge on any atom is 0.254 e. The van der Waals surface area contributed by atoms with E-state index >= 15 is 0 Å². The van der Waals surface area contributed by atoms with Gasteiger partial charge in [-0.3, -0.25) is 4.79 Å². The molecule has 2 heterocycles. The number of hydrogen-bond acceptors (Lipinski definition) is 3. The third-order valence-electron chi connectivity index (χ3n) is 2.45. The minimum absolute atomic E-state index is 0.0625. The summed E-state index contributed by atoms with van der Waals surface area (Å²) in [6, 6.07) is 2.10. The number of rotatable bonds is 3. The molecule has 1 aromatic rings. The molecule has 1 aromatic heterocycles. The maximum atomic E-state index is 11.5. The molecule has 1 saturated heterocycles. The molecule has 1 aliphatic heterocycles. The molecular weight excluding hydrogens is 180 g/mol. The highest BCUT2D eigenvalue weighted by Gasteiger charge is 2.15. The Labute approximate surface area is 82.7 Å². The summed E-state index contributed by atoms with van der Waals surface area (Å²) in [6.45, 7) is 1.76. The number of nitrogens with one attached hydrogen (secondary N) is 2. The first-order chi connectivity index (χ1) is 6.86. The molecule has 0 radical (unpaired) electrons. The molecule has 4 nitrogen and oxygen atoms in total. The molecule has 0 aromatic carbocycles.